The average molecular weight is 529 g/mol. The molecule has 0 aliphatic carbocycles. The van der Waals surface area contributed by atoms with Crippen LogP contribution in [0.15, 0.2) is 40.9 Å². The molecule has 13 heteroatoms. The highest BCUT2D eigenvalue weighted by Crippen LogP contribution is 2.47. The van der Waals surface area contributed by atoms with Gasteiger partial charge in [-0.2, -0.15) is 13.8 Å². The zero-order chi connectivity index (χ0) is 23.5. The van der Waals surface area contributed by atoms with Crippen LogP contribution in [0.4, 0.5) is 13.2 Å². The van der Waals surface area contributed by atoms with E-state index in [4.69, 9.17) is 39.3 Å². The number of alkyl halides is 3. The molecule has 32 heavy (non-hydrogen) atoms. The highest BCUT2D eigenvalue weighted by Gasteiger charge is 2.36. The number of nitrogens with zero attached hydrogens (tertiary/aromatic N) is 2. The molecular formula is C19H16Cl3F3N3O3P. The summed E-state index contributed by atoms with van der Waals surface area (Å²) in [5, 5.41) is 3.19. The third-order valence-electron chi connectivity index (χ3n) is 4.22. The maximum atomic E-state index is 14.7. The Morgan fingerprint density at radius 3 is 2.50 bits per heavy atom. The SMILES string of the molecule is CCOP(=O)(Cc1ccc(-c2noc(C(F)(F)Cl)n2)cc1F)NCc1ccc(Cl)cc1Cl. The van der Waals surface area contributed by atoms with Crippen LogP contribution in [0.3, 0.4) is 0 Å². The molecule has 0 amide bonds. The van der Waals surface area contributed by atoms with E-state index < -0.39 is 24.6 Å². The van der Waals surface area contributed by atoms with Gasteiger partial charge in [0.25, 0.3) is 7.52 Å². The Morgan fingerprint density at radius 1 is 1.19 bits per heavy atom. The Kier molecular flexibility index (Phi) is 7.91. The number of benzene rings is 2. The molecule has 3 aromatic rings. The lowest BCUT2D eigenvalue weighted by molar-refractivity contribution is 0.0551. The minimum Gasteiger partial charge on any atom is -0.331 e. The standard InChI is InChI=1S/C19H16Cl3F3N3O3P/c1-2-30-32(29,26-9-12-5-6-14(20)8-15(12)21)10-13-4-3-11(7-16(13)23)17-27-18(31-28-17)19(22,24)25/h3-8H,2,9-10H2,1H3,(H,26,29). The molecule has 0 aliphatic rings. The van der Waals surface area contributed by atoms with Gasteiger partial charge >= 0.3 is 11.3 Å². The van der Waals surface area contributed by atoms with Crippen LogP contribution in [-0.2, 0) is 27.2 Å². The molecule has 2 aromatic carbocycles. The minimum atomic E-state index is -3.84. The van der Waals surface area contributed by atoms with E-state index in [-0.39, 0.29) is 36.3 Å². The van der Waals surface area contributed by atoms with Gasteiger partial charge in [-0.05, 0) is 47.9 Å². The normalized spacial score (nSPS) is 13.8. The second-order valence-corrected chi connectivity index (χ2v) is 10.1. The summed E-state index contributed by atoms with van der Waals surface area (Å²) in [7, 11) is -3.52. The Labute approximate surface area is 196 Å². The molecule has 1 heterocycles. The fourth-order valence-corrected chi connectivity index (χ4v) is 5.10. The van der Waals surface area contributed by atoms with Gasteiger partial charge in [-0.15, -0.1) is 0 Å². The average Bonchev–Trinajstić information content (AvgIpc) is 3.20. The topological polar surface area (TPSA) is 77.2 Å². The molecule has 1 aromatic heterocycles. The Balaban J connectivity index is 1.78. The highest BCUT2D eigenvalue weighted by molar-refractivity contribution is 7.56. The molecule has 0 bridgehead atoms. The molecule has 0 fully saturated rings. The van der Waals surface area contributed by atoms with Crippen LogP contribution in [0.1, 0.15) is 23.9 Å². The summed E-state index contributed by atoms with van der Waals surface area (Å²) in [6.45, 7) is 1.88. The van der Waals surface area contributed by atoms with E-state index in [2.05, 4.69) is 19.8 Å². The van der Waals surface area contributed by atoms with Crippen molar-refractivity contribution in [3.63, 3.8) is 0 Å². The molecule has 0 saturated heterocycles. The monoisotopic (exact) mass is 527 g/mol. The first-order valence-corrected chi connectivity index (χ1v) is 12.1. The molecule has 1 atom stereocenters. The lowest BCUT2D eigenvalue weighted by Gasteiger charge is -2.20. The predicted octanol–water partition coefficient (Wildman–Crippen LogP) is 6.99. The van der Waals surface area contributed by atoms with Gasteiger partial charge < -0.3 is 9.05 Å². The maximum Gasteiger partial charge on any atom is 0.400 e. The minimum absolute atomic E-state index is 0.0756. The van der Waals surface area contributed by atoms with Crippen molar-refractivity contribution in [2.45, 2.75) is 25.0 Å². The molecule has 3 rings (SSSR count). The summed E-state index contributed by atoms with van der Waals surface area (Å²) in [6, 6.07) is 8.59. The Bertz CT molecular complexity index is 1160. The third-order valence-corrected chi connectivity index (χ3v) is 7.04. The quantitative estimate of drug-likeness (QED) is 0.238. The van der Waals surface area contributed by atoms with Gasteiger partial charge in [-0.1, -0.05) is 46.6 Å². The molecule has 6 nitrogen and oxygen atoms in total. The van der Waals surface area contributed by atoms with Gasteiger partial charge in [-0.25, -0.2) is 9.48 Å². The van der Waals surface area contributed by atoms with E-state index in [9.17, 15) is 17.7 Å². The zero-order valence-corrected chi connectivity index (χ0v) is 19.6. The summed E-state index contributed by atoms with van der Waals surface area (Å²) in [4.78, 5) is 3.46. The fraction of sp³-hybridized carbons (Fsp3) is 0.263. The van der Waals surface area contributed by atoms with E-state index in [1.807, 2.05) is 0 Å². The predicted molar refractivity (Wildman–Crippen MR) is 116 cm³/mol. The van der Waals surface area contributed by atoms with Crippen molar-refractivity contribution in [2.24, 2.45) is 0 Å². The van der Waals surface area contributed by atoms with Crippen molar-refractivity contribution in [3.8, 4) is 11.4 Å². The van der Waals surface area contributed by atoms with Crippen LogP contribution < -0.4 is 5.09 Å². The summed E-state index contributed by atoms with van der Waals surface area (Å²) in [5.41, 5.74) is 0.789. The number of halogens is 6. The van der Waals surface area contributed by atoms with Crippen molar-refractivity contribution in [1.29, 1.82) is 0 Å². The smallest absolute Gasteiger partial charge is 0.331 e. The second kappa shape index (κ2) is 10.1. The van der Waals surface area contributed by atoms with E-state index in [1.165, 1.54) is 12.1 Å². The lowest BCUT2D eigenvalue weighted by atomic mass is 10.1. The third kappa shape index (κ3) is 6.25. The highest BCUT2D eigenvalue weighted by atomic mass is 35.5. The van der Waals surface area contributed by atoms with Crippen LogP contribution in [0, 0.1) is 5.82 Å². The summed E-state index contributed by atoms with van der Waals surface area (Å²) in [6.07, 6.45) is -0.268. The first-order valence-electron chi connectivity index (χ1n) is 9.13. The fourth-order valence-electron chi connectivity index (χ4n) is 2.72. The van der Waals surface area contributed by atoms with Crippen LogP contribution in [0.2, 0.25) is 10.0 Å². The molecular weight excluding hydrogens is 513 g/mol. The van der Waals surface area contributed by atoms with Gasteiger partial charge in [-0.3, -0.25) is 4.57 Å². The Morgan fingerprint density at radius 2 is 1.91 bits per heavy atom. The van der Waals surface area contributed by atoms with Crippen LogP contribution >= 0.6 is 42.3 Å². The van der Waals surface area contributed by atoms with Crippen molar-refractivity contribution in [3.05, 3.63) is 69.3 Å². The van der Waals surface area contributed by atoms with E-state index in [1.54, 1.807) is 25.1 Å². The van der Waals surface area contributed by atoms with E-state index >= 15 is 0 Å². The largest absolute Gasteiger partial charge is 0.400 e. The molecule has 0 aliphatic heterocycles. The first-order chi connectivity index (χ1) is 15.0. The van der Waals surface area contributed by atoms with Crippen LogP contribution in [0.5, 0.6) is 0 Å². The first kappa shape index (κ1) is 25.0. The number of nitrogens with one attached hydrogen (secondary N) is 1. The van der Waals surface area contributed by atoms with Crippen molar-refractivity contribution in [2.75, 3.05) is 6.61 Å². The van der Waals surface area contributed by atoms with Gasteiger partial charge in [0, 0.05) is 22.2 Å². The summed E-state index contributed by atoms with van der Waals surface area (Å²) in [5.74, 6) is -2.13. The van der Waals surface area contributed by atoms with E-state index in [0.29, 0.717) is 15.6 Å². The van der Waals surface area contributed by atoms with Crippen molar-refractivity contribution in [1.82, 2.24) is 15.2 Å². The molecule has 0 spiro atoms. The molecule has 172 valence electrons. The zero-order valence-electron chi connectivity index (χ0n) is 16.4. The van der Waals surface area contributed by atoms with Gasteiger partial charge in [0.2, 0.25) is 5.82 Å². The molecule has 1 unspecified atom stereocenters. The maximum absolute atomic E-state index is 14.7. The number of aromatic nitrogens is 2. The van der Waals surface area contributed by atoms with Gasteiger partial charge in [0.05, 0.1) is 12.8 Å². The van der Waals surface area contributed by atoms with Gasteiger partial charge in [0.1, 0.15) is 5.82 Å². The van der Waals surface area contributed by atoms with Crippen molar-refractivity contribution < 1.29 is 26.8 Å². The van der Waals surface area contributed by atoms with Crippen molar-refractivity contribution >= 4 is 42.3 Å². The molecule has 0 radical (unpaired) electrons. The summed E-state index contributed by atoms with van der Waals surface area (Å²) < 4.78 is 63.9. The number of rotatable bonds is 9. The Hall–Kier alpha value is -1.61. The molecule has 1 N–H and O–H groups in total. The molecule has 0 saturated carbocycles. The summed E-state index contributed by atoms with van der Waals surface area (Å²) >= 11 is 16.9. The van der Waals surface area contributed by atoms with Crippen LogP contribution in [-0.4, -0.2) is 16.7 Å². The number of hydrogen-bond acceptors (Lipinski definition) is 5. The van der Waals surface area contributed by atoms with Gasteiger partial charge in [0.15, 0.2) is 0 Å². The lowest BCUT2D eigenvalue weighted by Crippen LogP contribution is -2.15. The second-order valence-electron chi connectivity index (χ2n) is 6.55. The van der Waals surface area contributed by atoms with E-state index in [0.717, 1.165) is 6.07 Å². The number of hydrogen-bond donors (Lipinski definition) is 1. The van der Waals surface area contributed by atoms with Crippen LogP contribution in [0.25, 0.3) is 11.4 Å².